The highest BCUT2D eigenvalue weighted by molar-refractivity contribution is 7.88. The van der Waals surface area contributed by atoms with Gasteiger partial charge in [0.25, 0.3) is 23.6 Å². The van der Waals surface area contributed by atoms with E-state index in [1.807, 2.05) is 0 Å². The molecule has 1 fully saturated rings. The SMILES string of the molecule is COc1ccc(NC(=O)COCCOCCNC(=O)COc2cc(O)c3c(=O)c(-c4ccc(OP(C)(C)=O)cc4)coc3c2)c(O)c1C(N)=O.CP(C)(=O)Cl.C[P+](C)=O.Cc1ccc(NC(=O)COCCOCCNC(=O)COc2cc(O)c3c(=O)c(-c4ccc(O)cc4)coc3c2)c(O)c1C(N)=O.O=C1CCC(=O)N1Cl. The second-order valence-corrected chi connectivity index (χ2v) is 33.8. The highest BCUT2D eigenvalue weighted by Crippen LogP contribution is 2.42. The highest BCUT2D eigenvalue weighted by Gasteiger charge is 2.27. The number of primary amides is 2. The van der Waals surface area contributed by atoms with Gasteiger partial charge in [-0.05, 0) is 66.1 Å². The molecular weight excluding hydrogens is 1570 g/mol. The van der Waals surface area contributed by atoms with Crippen LogP contribution in [-0.4, -0.2) is 203 Å². The summed E-state index contributed by atoms with van der Waals surface area (Å²) in [5.74, 6) is -5.46. The van der Waals surface area contributed by atoms with E-state index in [-0.39, 0.29) is 182 Å². The molecule has 0 aliphatic carbocycles. The average molecular weight is 1660 g/mol. The number of hydrogen-bond acceptors (Lipinski definition) is 28. The lowest BCUT2D eigenvalue weighted by molar-refractivity contribution is -0.132. The minimum Gasteiger partial charge on any atom is -0.508 e. The van der Waals surface area contributed by atoms with E-state index in [4.69, 9.17) is 81.0 Å². The number of benzene rings is 6. The summed E-state index contributed by atoms with van der Waals surface area (Å²) in [6.45, 7) is 8.29. The Hall–Kier alpha value is -11.1. The van der Waals surface area contributed by atoms with Gasteiger partial charge in [0, 0.05) is 88.6 Å². The lowest BCUT2D eigenvalue weighted by Gasteiger charge is -2.13. The fourth-order valence-corrected chi connectivity index (χ4v) is 10.2. The topological polar surface area (TPSA) is 527 Å². The van der Waals surface area contributed by atoms with Gasteiger partial charge in [-0.1, -0.05) is 46.1 Å². The van der Waals surface area contributed by atoms with Crippen LogP contribution in [-0.2, 0) is 61.4 Å². The number of imide groups is 1. The summed E-state index contributed by atoms with van der Waals surface area (Å²) in [4.78, 5) is 119. The average Bonchev–Trinajstić information content (AvgIpc) is 0.879. The van der Waals surface area contributed by atoms with E-state index in [9.17, 15) is 87.2 Å². The van der Waals surface area contributed by atoms with Crippen LogP contribution in [0.15, 0.2) is 128 Å². The first kappa shape index (κ1) is 91.5. The van der Waals surface area contributed by atoms with E-state index < -0.39 is 91.8 Å². The zero-order chi connectivity index (χ0) is 83.2. The number of anilines is 2. The molecule has 1 aliphatic rings. The van der Waals surface area contributed by atoms with Crippen molar-refractivity contribution < 1.29 is 124 Å². The number of nitrogens with zero attached hydrogens (tertiary/aromatic N) is 1. The Morgan fingerprint density at radius 1 is 0.554 bits per heavy atom. The molecule has 1 saturated heterocycles. The number of halogens is 2. The van der Waals surface area contributed by atoms with Gasteiger partial charge in [0.1, 0.15) is 107 Å². The number of aromatic hydroxyl groups is 5. The first-order valence-corrected chi connectivity index (χ1v) is 41.6. The Labute approximate surface area is 650 Å². The summed E-state index contributed by atoms with van der Waals surface area (Å²) in [5, 5.41) is 60.9. The lowest BCUT2D eigenvalue weighted by atomic mass is 10.0. The van der Waals surface area contributed by atoms with Gasteiger partial charge in [0.2, 0.25) is 41.9 Å². The number of phenolic OH excluding ortho intramolecular Hbond substituents is 3. The predicted octanol–water partition coefficient (Wildman–Crippen LogP) is 8.34. The van der Waals surface area contributed by atoms with Crippen LogP contribution in [0.3, 0.4) is 0 Å². The van der Waals surface area contributed by atoms with Crippen LogP contribution in [0.4, 0.5) is 11.4 Å². The van der Waals surface area contributed by atoms with Crippen LogP contribution in [0.1, 0.15) is 39.1 Å². The van der Waals surface area contributed by atoms with E-state index in [1.165, 1.54) is 101 Å². The number of aryl methyl sites for hydroxylation is 1. The molecule has 112 heavy (non-hydrogen) atoms. The fraction of sp³-hybridized carbons (Fsp3) is 0.306. The summed E-state index contributed by atoms with van der Waals surface area (Å²) in [7, 11) is -2.32. The summed E-state index contributed by atoms with van der Waals surface area (Å²) < 4.78 is 85.7. The van der Waals surface area contributed by atoms with Crippen LogP contribution in [0.25, 0.3) is 44.2 Å². The van der Waals surface area contributed by atoms with Crippen LogP contribution in [0.2, 0.25) is 0 Å². The van der Waals surface area contributed by atoms with Gasteiger partial charge < -0.3 is 109 Å². The number of carbonyl (C=O) groups is 8. The molecule has 0 spiro atoms. The third kappa shape index (κ3) is 30.3. The van der Waals surface area contributed by atoms with Crippen molar-refractivity contribution in [3.05, 3.63) is 147 Å². The molecule has 8 amide bonds. The smallest absolute Gasteiger partial charge is 0.332 e. The molecule has 0 bridgehead atoms. The summed E-state index contributed by atoms with van der Waals surface area (Å²) in [5.41, 5.74) is 11.2. The maximum absolute atomic E-state index is 13.2. The third-order valence-electron chi connectivity index (χ3n) is 14.2. The minimum atomic E-state index is -2.75. The van der Waals surface area contributed by atoms with E-state index in [2.05, 4.69) is 21.3 Å². The number of rotatable bonds is 31. The van der Waals surface area contributed by atoms with E-state index >= 15 is 0 Å². The molecule has 2 aromatic heterocycles. The summed E-state index contributed by atoms with van der Waals surface area (Å²) in [6.07, 6.45) is 3.02. The number of nitrogens with one attached hydrogen (secondary N) is 4. The molecule has 0 atom stereocenters. The Morgan fingerprint density at radius 3 is 1.33 bits per heavy atom. The van der Waals surface area contributed by atoms with Crippen molar-refractivity contribution in [1.29, 1.82) is 0 Å². The van der Waals surface area contributed by atoms with Crippen molar-refractivity contribution in [3.8, 4) is 74.0 Å². The second kappa shape index (κ2) is 44.1. The summed E-state index contributed by atoms with van der Waals surface area (Å²) >= 11 is 10.2. The van der Waals surface area contributed by atoms with Crippen LogP contribution in [0.5, 0.6) is 51.7 Å². The van der Waals surface area contributed by atoms with Gasteiger partial charge in [0.15, 0.2) is 31.2 Å². The monoisotopic (exact) mass is 1660 g/mol. The highest BCUT2D eigenvalue weighted by atomic mass is 35.7. The molecule has 8 aromatic rings. The molecule has 6 aromatic carbocycles. The molecule has 602 valence electrons. The molecule has 0 radical (unpaired) electrons. The number of methoxy groups -OCH3 is 1. The molecule has 35 nitrogen and oxygen atoms in total. The van der Waals surface area contributed by atoms with Crippen molar-refractivity contribution in [2.75, 3.05) is 137 Å². The van der Waals surface area contributed by atoms with Crippen LogP contribution >= 0.6 is 44.7 Å². The number of amides is 8. The van der Waals surface area contributed by atoms with E-state index in [0.29, 0.717) is 26.9 Å². The van der Waals surface area contributed by atoms with E-state index in [1.54, 1.807) is 62.7 Å². The Kier molecular flexibility index (Phi) is 36.0. The summed E-state index contributed by atoms with van der Waals surface area (Å²) in [6, 6.07) is 23.2. The maximum atomic E-state index is 13.2. The number of phenols is 5. The standard InChI is InChI=1S/C33H36N3O13P.C31H31N3O11.C4H4ClNO2.C2H6ClOP.C2H6OP/c1-44-25-9-8-23(32(41)30(25)33(34)42)36-28(39)17-46-13-12-45-11-10-35-27(38)18-47-21-14-24(37)29-26(15-21)48-16-22(31(29)40)19-4-6-20(7-5-19)49-50(2,3)43;1-17-2-7-22(30(40)27(17)31(32)41)34-26(38)15-43-11-10-42-9-8-33-25(37)16-44-20-12-23(36)28-24(13-20)45-14-21(29(28)39)18-3-5-19(35)6-4-18;5-6-3(7)1-2-4(6)8;1-5(2,3)4;1-4(2)3/h4-9,14-16,37,41H,10-13,17-18H2,1-3H3,(H2,34,42)(H,35,38)(H,36,39);2-7,12-14,35-36,40H,8-11,15-16H2,1H3,(H2,32,41)(H,33,37)(H,34,38);1-2H2;1-2H3;1-2H3/q;;;;+1. The molecule has 0 unspecified atom stereocenters. The van der Waals surface area contributed by atoms with Crippen LogP contribution < -0.4 is 62.3 Å². The zero-order valence-corrected chi connectivity index (χ0v) is 65.8. The molecule has 3 heterocycles. The molecule has 0 saturated carbocycles. The second-order valence-electron chi connectivity index (χ2n) is 24.2. The number of hydrogen-bond donors (Lipinski definition) is 11. The number of carbonyl (C=O) groups excluding carboxylic acids is 8. The largest absolute Gasteiger partial charge is 0.508 e. The van der Waals surface area contributed by atoms with Crippen molar-refractivity contribution in [3.63, 3.8) is 0 Å². The predicted molar refractivity (Wildman–Crippen MR) is 415 cm³/mol. The van der Waals surface area contributed by atoms with Gasteiger partial charge in [0.05, 0.1) is 74.8 Å². The maximum Gasteiger partial charge on any atom is 0.332 e. The molecule has 13 N–H and O–H groups in total. The van der Waals surface area contributed by atoms with E-state index in [0.717, 1.165) is 0 Å². The minimum absolute atomic E-state index is 0.0311. The van der Waals surface area contributed by atoms with Crippen molar-refractivity contribution in [1.82, 2.24) is 15.1 Å². The first-order valence-electron chi connectivity index (χ1n) is 33.1. The Balaban J connectivity index is 0.000000331. The van der Waals surface area contributed by atoms with Gasteiger partial charge in [-0.15, -0.1) is 0 Å². The van der Waals surface area contributed by atoms with Crippen molar-refractivity contribution in [2.45, 2.75) is 19.8 Å². The molecular formula is C72H83Cl2N7O28P3+. The van der Waals surface area contributed by atoms with Gasteiger partial charge in [-0.3, -0.25) is 52.5 Å². The first-order chi connectivity index (χ1) is 52.8. The normalized spacial score (nSPS) is 11.6. The number of ether oxygens (including phenoxy) is 7. The Morgan fingerprint density at radius 2 is 0.946 bits per heavy atom. The Bertz CT molecular complexity index is 4910. The third-order valence-corrected chi connectivity index (χ3v) is 15.2. The molecule has 9 rings (SSSR count). The molecule has 1 aliphatic heterocycles. The molecule has 40 heteroatoms. The lowest BCUT2D eigenvalue weighted by Crippen LogP contribution is -2.32. The van der Waals surface area contributed by atoms with Gasteiger partial charge in [-0.25, -0.2) is 0 Å². The number of fused-ring (bicyclic) bond motifs is 2. The number of nitrogens with two attached hydrogens (primary N) is 2. The quantitative estimate of drug-likeness (QED) is 0.00639. The van der Waals surface area contributed by atoms with Crippen molar-refractivity contribution in [2.24, 2.45) is 11.5 Å². The van der Waals surface area contributed by atoms with Crippen molar-refractivity contribution >= 4 is 125 Å². The van der Waals surface area contributed by atoms with Crippen LogP contribution in [0, 0.1) is 6.92 Å². The van der Waals surface area contributed by atoms with Gasteiger partial charge in [-0.2, -0.15) is 4.42 Å². The fourth-order valence-electron chi connectivity index (χ4n) is 9.37. The van der Waals surface area contributed by atoms with Gasteiger partial charge >= 0.3 is 7.80 Å². The zero-order valence-electron chi connectivity index (χ0n) is 61.6.